The Kier molecular flexibility index (Phi) is 5.67. The SMILES string of the molecule is CC(C)C(c1nc(CSc2cccc(Cl)c2)no1)C(C)O. The van der Waals surface area contributed by atoms with Crippen molar-refractivity contribution in [3.05, 3.63) is 41.0 Å². The van der Waals surface area contributed by atoms with Crippen LogP contribution in [0.3, 0.4) is 0 Å². The van der Waals surface area contributed by atoms with E-state index in [-0.39, 0.29) is 11.8 Å². The molecule has 2 rings (SSSR count). The molecule has 21 heavy (non-hydrogen) atoms. The Hall–Kier alpha value is -1.04. The van der Waals surface area contributed by atoms with Crippen LogP contribution in [-0.2, 0) is 5.75 Å². The van der Waals surface area contributed by atoms with Crippen LogP contribution in [0.1, 0.15) is 38.4 Å². The highest BCUT2D eigenvalue weighted by Gasteiger charge is 2.27. The van der Waals surface area contributed by atoms with Gasteiger partial charge in [-0.2, -0.15) is 4.98 Å². The zero-order valence-corrected chi connectivity index (χ0v) is 13.9. The summed E-state index contributed by atoms with van der Waals surface area (Å²) in [7, 11) is 0. The van der Waals surface area contributed by atoms with Crippen LogP contribution in [0.25, 0.3) is 0 Å². The number of aromatic nitrogens is 2. The third-order valence-electron chi connectivity index (χ3n) is 3.17. The zero-order chi connectivity index (χ0) is 15.4. The molecule has 4 nitrogen and oxygen atoms in total. The number of hydrogen-bond donors (Lipinski definition) is 1. The van der Waals surface area contributed by atoms with E-state index in [1.807, 2.05) is 38.1 Å². The van der Waals surface area contributed by atoms with Crippen molar-refractivity contribution in [2.75, 3.05) is 0 Å². The molecule has 1 aromatic heterocycles. The molecule has 0 aliphatic rings. The van der Waals surface area contributed by atoms with Gasteiger partial charge in [-0.3, -0.25) is 0 Å². The first-order valence-electron chi connectivity index (χ1n) is 6.86. The molecular weight excluding hydrogens is 308 g/mol. The lowest BCUT2D eigenvalue weighted by molar-refractivity contribution is 0.120. The second-order valence-electron chi connectivity index (χ2n) is 5.31. The van der Waals surface area contributed by atoms with Crippen molar-refractivity contribution in [2.24, 2.45) is 5.92 Å². The normalized spacial score (nSPS) is 14.4. The molecule has 0 bridgehead atoms. The maximum Gasteiger partial charge on any atom is 0.232 e. The van der Waals surface area contributed by atoms with Gasteiger partial charge in [-0.1, -0.05) is 36.7 Å². The highest BCUT2D eigenvalue weighted by molar-refractivity contribution is 7.98. The maximum atomic E-state index is 9.84. The van der Waals surface area contributed by atoms with Crippen molar-refractivity contribution < 1.29 is 9.63 Å². The van der Waals surface area contributed by atoms with Gasteiger partial charge in [0.2, 0.25) is 5.89 Å². The lowest BCUT2D eigenvalue weighted by Crippen LogP contribution is -2.20. The molecule has 0 spiro atoms. The minimum absolute atomic E-state index is 0.137. The molecule has 0 saturated carbocycles. The second kappa shape index (κ2) is 7.29. The van der Waals surface area contributed by atoms with E-state index in [0.717, 1.165) is 4.90 Å². The molecule has 1 aromatic carbocycles. The summed E-state index contributed by atoms with van der Waals surface area (Å²) in [5, 5.41) is 14.5. The van der Waals surface area contributed by atoms with E-state index in [2.05, 4.69) is 10.1 Å². The molecule has 1 heterocycles. The molecule has 2 unspecified atom stereocenters. The van der Waals surface area contributed by atoms with Gasteiger partial charge in [0.1, 0.15) is 0 Å². The summed E-state index contributed by atoms with van der Waals surface area (Å²) in [4.78, 5) is 5.46. The Morgan fingerprint density at radius 3 is 2.71 bits per heavy atom. The summed E-state index contributed by atoms with van der Waals surface area (Å²) in [6, 6.07) is 7.65. The summed E-state index contributed by atoms with van der Waals surface area (Å²) >= 11 is 7.55. The smallest absolute Gasteiger partial charge is 0.232 e. The number of hydrogen-bond acceptors (Lipinski definition) is 5. The van der Waals surface area contributed by atoms with E-state index in [4.69, 9.17) is 16.1 Å². The van der Waals surface area contributed by atoms with Gasteiger partial charge in [0.15, 0.2) is 5.82 Å². The third kappa shape index (κ3) is 4.46. The summed E-state index contributed by atoms with van der Waals surface area (Å²) in [5.74, 6) is 1.83. The Balaban J connectivity index is 2.03. The number of halogens is 1. The number of rotatable bonds is 6. The van der Waals surface area contributed by atoms with Crippen molar-refractivity contribution in [3.8, 4) is 0 Å². The van der Waals surface area contributed by atoms with Gasteiger partial charge >= 0.3 is 0 Å². The molecule has 2 atom stereocenters. The van der Waals surface area contributed by atoms with Crippen LogP contribution in [-0.4, -0.2) is 21.4 Å². The molecule has 0 radical (unpaired) electrons. The van der Waals surface area contributed by atoms with Crippen LogP contribution < -0.4 is 0 Å². The highest BCUT2D eigenvalue weighted by atomic mass is 35.5. The van der Waals surface area contributed by atoms with Crippen LogP contribution in [0.5, 0.6) is 0 Å². The quantitative estimate of drug-likeness (QED) is 0.808. The predicted octanol–water partition coefficient (Wildman–Crippen LogP) is 4.14. The van der Waals surface area contributed by atoms with Gasteiger partial charge in [-0.15, -0.1) is 11.8 Å². The van der Waals surface area contributed by atoms with Crippen LogP contribution in [0, 0.1) is 5.92 Å². The van der Waals surface area contributed by atoms with E-state index in [0.29, 0.717) is 22.5 Å². The molecular formula is C15H19ClN2O2S. The van der Waals surface area contributed by atoms with Gasteiger partial charge in [-0.05, 0) is 31.0 Å². The van der Waals surface area contributed by atoms with E-state index < -0.39 is 6.10 Å². The van der Waals surface area contributed by atoms with Crippen LogP contribution >= 0.6 is 23.4 Å². The van der Waals surface area contributed by atoms with Crippen molar-refractivity contribution in [1.82, 2.24) is 10.1 Å². The maximum absolute atomic E-state index is 9.84. The van der Waals surface area contributed by atoms with Gasteiger partial charge in [0.05, 0.1) is 17.8 Å². The zero-order valence-electron chi connectivity index (χ0n) is 12.3. The van der Waals surface area contributed by atoms with Crippen LogP contribution in [0.2, 0.25) is 5.02 Å². The first-order valence-corrected chi connectivity index (χ1v) is 8.22. The number of aliphatic hydroxyl groups excluding tert-OH is 1. The Bertz CT molecular complexity index is 579. The monoisotopic (exact) mass is 326 g/mol. The standard InChI is InChI=1S/C15H19ClN2O2S/c1-9(2)14(10(3)19)15-17-13(18-20-15)8-21-12-6-4-5-11(16)7-12/h4-7,9-10,14,19H,8H2,1-3H3. The molecule has 6 heteroatoms. The average molecular weight is 327 g/mol. The lowest BCUT2D eigenvalue weighted by atomic mass is 9.91. The summed E-state index contributed by atoms with van der Waals surface area (Å²) < 4.78 is 5.30. The van der Waals surface area contributed by atoms with E-state index in [1.165, 1.54) is 0 Å². The van der Waals surface area contributed by atoms with Crippen molar-refractivity contribution in [2.45, 2.75) is 43.4 Å². The minimum Gasteiger partial charge on any atom is -0.393 e. The number of aliphatic hydroxyl groups is 1. The Labute approximate surface area is 133 Å². The van der Waals surface area contributed by atoms with Crippen molar-refractivity contribution >= 4 is 23.4 Å². The molecule has 0 fully saturated rings. The molecule has 1 N–H and O–H groups in total. The van der Waals surface area contributed by atoms with Crippen LogP contribution in [0.15, 0.2) is 33.7 Å². The average Bonchev–Trinajstić information content (AvgIpc) is 2.84. The first-order chi connectivity index (χ1) is 9.97. The first kappa shape index (κ1) is 16.3. The molecule has 0 aliphatic carbocycles. The molecule has 0 amide bonds. The molecule has 0 aliphatic heterocycles. The topological polar surface area (TPSA) is 59.2 Å². The second-order valence-corrected chi connectivity index (χ2v) is 6.79. The highest BCUT2D eigenvalue weighted by Crippen LogP contribution is 2.28. The third-order valence-corrected chi connectivity index (χ3v) is 4.40. The molecule has 2 aromatic rings. The minimum atomic E-state index is -0.515. The van der Waals surface area contributed by atoms with E-state index in [1.54, 1.807) is 18.7 Å². The fraction of sp³-hybridized carbons (Fsp3) is 0.467. The van der Waals surface area contributed by atoms with Crippen molar-refractivity contribution in [1.29, 1.82) is 0 Å². The molecule has 0 saturated heterocycles. The number of thioether (sulfide) groups is 1. The largest absolute Gasteiger partial charge is 0.393 e. The number of benzene rings is 1. The van der Waals surface area contributed by atoms with E-state index in [9.17, 15) is 5.11 Å². The van der Waals surface area contributed by atoms with Crippen molar-refractivity contribution in [3.63, 3.8) is 0 Å². The Morgan fingerprint density at radius 1 is 1.33 bits per heavy atom. The molecule has 114 valence electrons. The summed E-state index contributed by atoms with van der Waals surface area (Å²) in [6.07, 6.45) is -0.515. The van der Waals surface area contributed by atoms with Gasteiger partial charge in [0.25, 0.3) is 0 Å². The van der Waals surface area contributed by atoms with Gasteiger partial charge < -0.3 is 9.63 Å². The van der Waals surface area contributed by atoms with Crippen LogP contribution in [0.4, 0.5) is 0 Å². The van der Waals surface area contributed by atoms with Gasteiger partial charge in [0, 0.05) is 9.92 Å². The predicted molar refractivity (Wildman–Crippen MR) is 84.6 cm³/mol. The fourth-order valence-corrected chi connectivity index (χ4v) is 3.27. The Morgan fingerprint density at radius 2 is 2.10 bits per heavy atom. The van der Waals surface area contributed by atoms with E-state index >= 15 is 0 Å². The summed E-state index contributed by atoms with van der Waals surface area (Å²) in [6.45, 7) is 5.80. The summed E-state index contributed by atoms with van der Waals surface area (Å²) in [5.41, 5.74) is 0. The fourth-order valence-electron chi connectivity index (χ4n) is 2.21. The van der Waals surface area contributed by atoms with Gasteiger partial charge in [-0.25, -0.2) is 0 Å². The lowest BCUT2D eigenvalue weighted by Gasteiger charge is -2.19. The number of nitrogens with zero attached hydrogens (tertiary/aromatic N) is 2.